The lowest BCUT2D eigenvalue weighted by atomic mass is 10.1. The first-order valence-corrected chi connectivity index (χ1v) is 7.00. The summed E-state index contributed by atoms with van der Waals surface area (Å²) in [5, 5.41) is 6.78. The van der Waals surface area contributed by atoms with Crippen molar-refractivity contribution in [2.45, 2.75) is 6.92 Å². The van der Waals surface area contributed by atoms with E-state index in [4.69, 9.17) is 11.6 Å². The summed E-state index contributed by atoms with van der Waals surface area (Å²) in [5.74, 6) is -2.26. The molecule has 2 aromatic rings. The summed E-state index contributed by atoms with van der Waals surface area (Å²) in [6.07, 6.45) is 0. The third kappa shape index (κ3) is 4.89. The van der Waals surface area contributed by atoms with Gasteiger partial charge < -0.3 is 5.32 Å². The maximum Gasteiger partial charge on any atom is 0.329 e. The average Bonchev–Trinajstić information content (AvgIpc) is 2.55. The number of amides is 2. The molecule has 7 heteroatoms. The SMILES string of the molecule is C/C(=N\NC(=O)C(=O)Nc1ccc(F)cc1)c1ccc(Cl)cc1. The van der Waals surface area contributed by atoms with Crippen LogP contribution in [0.4, 0.5) is 10.1 Å². The Kier molecular flexibility index (Phi) is 5.43. The fraction of sp³-hybridized carbons (Fsp3) is 0.0625. The monoisotopic (exact) mass is 333 g/mol. The first-order chi connectivity index (χ1) is 11.0. The van der Waals surface area contributed by atoms with Crippen LogP contribution < -0.4 is 10.7 Å². The van der Waals surface area contributed by atoms with Crippen LogP contribution in [0.15, 0.2) is 53.6 Å². The average molecular weight is 334 g/mol. The zero-order valence-corrected chi connectivity index (χ0v) is 12.9. The Bertz CT molecular complexity index is 743. The second-order valence-corrected chi connectivity index (χ2v) is 5.04. The Labute approximate surface area is 137 Å². The first-order valence-electron chi connectivity index (χ1n) is 6.63. The molecule has 23 heavy (non-hydrogen) atoms. The van der Waals surface area contributed by atoms with E-state index in [-0.39, 0.29) is 0 Å². The van der Waals surface area contributed by atoms with Crippen molar-refractivity contribution in [1.29, 1.82) is 0 Å². The molecule has 0 unspecified atom stereocenters. The van der Waals surface area contributed by atoms with E-state index in [2.05, 4.69) is 15.8 Å². The van der Waals surface area contributed by atoms with Crippen LogP contribution in [0.5, 0.6) is 0 Å². The number of hydrogen-bond acceptors (Lipinski definition) is 3. The van der Waals surface area contributed by atoms with Crippen molar-refractivity contribution in [2.75, 3.05) is 5.32 Å². The van der Waals surface area contributed by atoms with Crippen molar-refractivity contribution in [3.05, 3.63) is 64.9 Å². The first kappa shape index (κ1) is 16.6. The van der Waals surface area contributed by atoms with Crippen LogP contribution in [0.3, 0.4) is 0 Å². The smallest absolute Gasteiger partial charge is 0.318 e. The molecule has 2 aromatic carbocycles. The third-order valence-corrected chi connectivity index (χ3v) is 3.15. The summed E-state index contributed by atoms with van der Waals surface area (Å²) < 4.78 is 12.8. The highest BCUT2D eigenvalue weighted by Crippen LogP contribution is 2.10. The zero-order valence-electron chi connectivity index (χ0n) is 12.1. The van der Waals surface area contributed by atoms with E-state index < -0.39 is 17.6 Å². The summed E-state index contributed by atoms with van der Waals surface area (Å²) in [6.45, 7) is 1.68. The molecular weight excluding hydrogens is 321 g/mol. The summed E-state index contributed by atoms with van der Waals surface area (Å²) in [6, 6.07) is 11.9. The summed E-state index contributed by atoms with van der Waals surface area (Å²) in [7, 11) is 0. The lowest BCUT2D eigenvalue weighted by molar-refractivity contribution is -0.136. The van der Waals surface area contributed by atoms with Crippen LogP contribution in [-0.4, -0.2) is 17.5 Å². The second kappa shape index (κ2) is 7.51. The minimum absolute atomic E-state index is 0.310. The van der Waals surface area contributed by atoms with Crippen LogP contribution in [0, 0.1) is 5.82 Å². The van der Waals surface area contributed by atoms with E-state index in [1.54, 1.807) is 31.2 Å². The molecule has 0 fully saturated rings. The number of benzene rings is 2. The van der Waals surface area contributed by atoms with E-state index in [1.807, 2.05) is 0 Å². The molecule has 0 aliphatic heterocycles. The molecule has 0 radical (unpaired) electrons. The molecule has 5 nitrogen and oxygen atoms in total. The van der Waals surface area contributed by atoms with E-state index in [1.165, 1.54) is 24.3 Å². The van der Waals surface area contributed by atoms with Crippen LogP contribution in [0.25, 0.3) is 0 Å². The summed E-state index contributed by atoms with van der Waals surface area (Å²) in [4.78, 5) is 23.4. The minimum atomic E-state index is -0.928. The van der Waals surface area contributed by atoms with Gasteiger partial charge in [-0.25, -0.2) is 9.82 Å². The number of nitrogens with one attached hydrogen (secondary N) is 2. The highest BCUT2D eigenvalue weighted by atomic mass is 35.5. The van der Waals surface area contributed by atoms with Gasteiger partial charge in [0.15, 0.2) is 0 Å². The number of nitrogens with zero attached hydrogens (tertiary/aromatic N) is 1. The fourth-order valence-corrected chi connectivity index (χ4v) is 1.79. The van der Waals surface area contributed by atoms with Gasteiger partial charge >= 0.3 is 11.8 Å². The summed E-state index contributed by atoms with van der Waals surface area (Å²) >= 11 is 5.79. The van der Waals surface area contributed by atoms with Gasteiger partial charge in [0.1, 0.15) is 5.82 Å². The highest BCUT2D eigenvalue weighted by molar-refractivity contribution is 6.39. The molecule has 0 heterocycles. The number of rotatable bonds is 3. The molecule has 2 rings (SSSR count). The van der Waals surface area contributed by atoms with Crippen molar-refractivity contribution in [3.8, 4) is 0 Å². The predicted molar refractivity (Wildman–Crippen MR) is 86.8 cm³/mol. The topological polar surface area (TPSA) is 70.6 Å². The van der Waals surface area contributed by atoms with Gasteiger partial charge in [-0.15, -0.1) is 0 Å². The van der Waals surface area contributed by atoms with Gasteiger partial charge in [-0.2, -0.15) is 5.10 Å². The molecule has 0 bridgehead atoms. The Morgan fingerprint density at radius 2 is 1.61 bits per heavy atom. The molecule has 2 N–H and O–H groups in total. The molecular formula is C16H13ClFN3O2. The number of hydrogen-bond donors (Lipinski definition) is 2. The molecule has 0 atom stereocenters. The predicted octanol–water partition coefficient (Wildman–Crippen LogP) is 2.96. The van der Waals surface area contributed by atoms with Crippen molar-refractivity contribution in [1.82, 2.24) is 5.43 Å². The second-order valence-electron chi connectivity index (χ2n) is 4.61. The lowest BCUT2D eigenvalue weighted by Crippen LogP contribution is -2.32. The number of hydrazone groups is 1. The molecule has 2 amide bonds. The standard InChI is InChI=1S/C16H13ClFN3O2/c1-10(11-2-4-12(17)5-3-11)20-21-16(23)15(22)19-14-8-6-13(18)7-9-14/h2-9H,1H3,(H,19,22)(H,21,23)/b20-10+. The van der Waals surface area contributed by atoms with Crippen molar-refractivity contribution < 1.29 is 14.0 Å². The maximum atomic E-state index is 12.8. The number of halogens is 2. The maximum absolute atomic E-state index is 12.8. The van der Waals surface area contributed by atoms with Crippen LogP contribution >= 0.6 is 11.6 Å². The molecule has 0 spiro atoms. The Morgan fingerprint density at radius 1 is 1.00 bits per heavy atom. The summed E-state index contributed by atoms with van der Waals surface area (Å²) in [5.41, 5.74) is 3.74. The lowest BCUT2D eigenvalue weighted by Gasteiger charge is -2.05. The number of anilines is 1. The molecule has 0 aromatic heterocycles. The Morgan fingerprint density at radius 3 is 2.22 bits per heavy atom. The van der Waals surface area contributed by atoms with Gasteiger partial charge in [0.05, 0.1) is 5.71 Å². The van der Waals surface area contributed by atoms with Gasteiger partial charge in [-0.1, -0.05) is 23.7 Å². The van der Waals surface area contributed by atoms with Gasteiger partial charge in [-0.05, 0) is 48.9 Å². The van der Waals surface area contributed by atoms with Crippen LogP contribution in [0.1, 0.15) is 12.5 Å². The largest absolute Gasteiger partial charge is 0.329 e. The number of carbonyl (C=O) groups is 2. The van der Waals surface area contributed by atoms with Crippen molar-refractivity contribution in [3.63, 3.8) is 0 Å². The molecule has 0 saturated carbocycles. The third-order valence-electron chi connectivity index (χ3n) is 2.90. The van der Waals surface area contributed by atoms with Crippen molar-refractivity contribution >= 4 is 34.8 Å². The van der Waals surface area contributed by atoms with Gasteiger partial charge in [0.2, 0.25) is 0 Å². The Hall–Kier alpha value is -2.73. The quantitative estimate of drug-likeness (QED) is 0.515. The van der Waals surface area contributed by atoms with E-state index in [0.29, 0.717) is 16.4 Å². The zero-order chi connectivity index (χ0) is 16.8. The van der Waals surface area contributed by atoms with E-state index in [0.717, 1.165) is 5.56 Å². The van der Waals surface area contributed by atoms with Crippen LogP contribution in [0.2, 0.25) is 5.02 Å². The van der Waals surface area contributed by atoms with Crippen molar-refractivity contribution in [2.24, 2.45) is 5.10 Å². The Balaban J connectivity index is 1.95. The molecule has 118 valence electrons. The number of carbonyl (C=O) groups excluding carboxylic acids is 2. The highest BCUT2D eigenvalue weighted by Gasteiger charge is 2.13. The van der Waals surface area contributed by atoms with Gasteiger partial charge in [-0.3, -0.25) is 9.59 Å². The molecule has 0 aliphatic carbocycles. The fourth-order valence-electron chi connectivity index (χ4n) is 1.66. The normalized spacial score (nSPS) is 11.0. The molecule has 0 aliphatic rings. The minimum Gasteiger partial charge on any atom is -0.318 e. The van der Waals surface area contributed by atoms with Gasteiger partial charge in [0.25, 0.3) is 0 Å². The molecule has 0 saturated heterocycles. The van der Waals surface area contributed by atoms with Crippen LogP contribution in [-0.2, 0) is 9.59 Å². The van der Waals surface area contributed by atoms with Gasteiger partial charge in [0, 0.05) is 10.7 Å². The van der Waals surface area contributed by atoms with E-state index in [9.17, 15) is 14.0 Å². The van der Waals surface area contributed by atoms with E-state index >= 15 is 0 Å².